The molecule has 3 unspecified atom stereocenters. The average Bonchev–Trinajstić information content (AvgIpc) is 2.78. The largest absolute Gasteiger partial charge is 0.468 e. The molecule has 1 aromatic carbocycles. The van der Waals surface area contributed by atoms with Gasteiger partial charge in [0.15, 0.2) is 0 Å². The van der Waals surface area contributed by atoms with Crippen molar-refractivity contribution >= 4 is 23.9 Å². The van der Waals surface area contributed by atoms with Gasteiger partial charge < -0.3 is 25.0 Å². The fourth-order valence-corrected chi connectivity index (χ4v) is 3.79. The van der Waals surface area contributed by atoms with Crippen LogP contribution in [0.2, 0.25) is 0 Å². The van der Waals surface area contributed by atoms with E-state index in [2.05, 4.69) is 15.4 Å². The van der Waals surface area contributed by atoms with E-state index in [0.717, 1.165) is 11.1 Å². The number of nitrogens with zero attached hydrogens (tertiary/aromatic N) is 1. The summed E-state index contributed by atoms with van der Waals surface area (Å²) in [6.07, 6.45) is -0.106. The molecule has 208 valence electrons. The Balaban J connectivity index is 3.64. The number of benzene rings is 1. The molecule has 0 aliphatic carbocycles. The van der Waals surface area contributed by atoms with Crippen molar-refractivity contribution in [1.82, 2.24) is 15.5 Å². The molecule has 1 rings (SSSR count). The van der Waals surface area contributed by atoms with E-state index in [0.29, 0.717) is 12.0 Å². The van der Waals surface area contributed by atoms with Gasteiger partial charge in [-0.1, -0.05) is 38.5 Å². The van der Waals surface area contributed by atoms with Gasteiger partial charge >= 0.3 is 12.1 Å². The third-order valence-corrected chi connectivity index (χ3v) is 6.10. The molecule has 9 heteroatoms. The van der Waals surface area contributed by atoms with Crippen molar-refractivity contribution in [2.75, 3.05) is 13.7 Å². The van der Waals surface area contributed by atoms with Crippen molar-refractivity contribution < 1.29 is 28.7 Å². The Morgan fingerprint density at radius 3 is 2.05 bits per heavy atom. The summed E-state index contributed by atoms with van der Waals surface area (Å²) in [4.78, 5) is 53.8. The molecular formula is C28H45N3O6. The summed E-state index contributed by atoms with van der Waals surface area (Å²) in [5.41, 5.74) is 1.01. The zero-order valence-electron chi connectivity index (χ0n) is 24.3. The van der Waals surface area contributed by atoms with Gasteiger partial charge in [0.05, 0.1) is 7.11 Å². The van der Waals surface area contributed by atoms with Crippen molar-refractivity contribution in [2.45, 2.75) is 98.9 Å². The Labute approximate surface area is 221 Å². The van der Waals surface area contributed by atoms with E-state index in [-0.39, 0.29) is 12.5 Å². The fraction of sp³-hybridized carbons (Fsp3) is 0.643. The maximum atomic E-state index is 14.2. The third kappa shape index (κ3) is 9.37. The van der Waals surface area contributed by atoms with Crippen molar-refractivity contribution in [2.24, 2.45) is 5.92 Å². The second-order valence-electron chi connectivity index (χ2n) is 11.4. The molecule has 1 aromatic rings. The molecule has 9 nitrogen and oxygen atoms in total. The number of carbonyl (C=O) groups is 4. The number of methoxy groups -OCH3 is 1. The number of carbonyl (C=O) groups excluding carboxylic acids is 4. The van der Waals surface area contributed by atoms with Crippen molar-refractivity contribution in [3.05, 3.63) is 34.9 Å². The van der Waals surface area contributed by atoms with E-state index >= 15 is 0 Å². The van der Waals surface area contributed by atoms with Crippen LogP contribution in [0.4, 0.5) is 4.79 Å². The van der Waals surface area contributed by atoms with Gasteiger partial charge in [-0.15, -0.1) is 0 Å². The van der Waals surface area contributed by atoms with Gasteiger partial charge in [-0.25, -0.2) is 4.79 Å². The van der Waals surface area contributed by atoms with Crippen molar-refractivity contribution in [3.8, 4) is 0 Å². The zero-order valence-corrected chi connectivity index (χ0v) is 24.3. The lowest BCUT2D eigenvalue weighted by molar-refractivity contribution is -0.150. The van der Waals surface area contributed by atoms with Crippen LogP contribution >= 0.6 is 0 Å². The molecule has 0 saturated carbocycles. The number of hydrogen-bond donors (Lipinski definition) is 2. The number of esters is 1. The number of rotatable bonds is 9. The number of hydrogen-bond acceptors (Lipinski definition) is 6. The fourth-order valence-electron chi connectivity index (χ4n) is 3.79. The summed E-state index contributed by atoms with van der Waals surface area (Å²) in [5, 5.41) is 5.35. The molecule has 3 amide bonds. The average molecular weight is 520 g/mol. The van der Waals surface area contributed by atoms with Crippen LogP contribution in [0.1, 0.15) is 84.5 Å². The first-order valence-electron chi connectivity index (χ1n) is 12.7. The maximum Gasteiger partial charge on any atom is 0.408 e. The van der Waals surface area contributed by atoms with E-state index in [1.807, 2.05) is 60.6 Å². The molecule has 0 fully saturated rings. The van der Waals surface area contributed by atoms with Crippen LogP contribution in [0.15, 0.2) is 18.2 Å². The third-order valence-electron chi connectivity index (χ3n) is 6.10. The van der Waals surface area contributed by atoms with Crippen molar-refractivity contribution in [1.29, 1.82) is 0 Å². The summed E-state index contributed by atoms with van der Waals surface area (Å²) < 4.78 is 10.1. The standard InChI is InChI=1S/C28H45N3O6/c1-12-17(2)22(30-26(35)37-28(8,9)10)25(34)31(27(5,6)7)23(24(33)29-16-21(32)36-11)20-14-13-18(3)19(4)15-20/h13-15,17,22-23H,12,16H2,1-11H3,(H,29,33)(H,30,35). The van der Waals surface area contributed by atoms with E-state index in [1.54, 1.807) is 26.8 Å². The predicted octanol–water partition coefficient (Wildman–Crippen LogP) is 4.20. The summed E-state index contributed by atoms with van der Waals surface area (Å²) in [6, 6.07) is 3.55. The first-order chi connectivity index (χ1) is 16.9. The van der Waals surface area contributed by atoms with Gasteiger partial charge in [-0.2, -0.15) is 0 Å². The minimum atomic E-state index is -1.07. The normalized spacial score (nSPS) is 14.1. The molecule has 3 atom stereocenters. The van der Waals surface area contributed by atoms with Gasteiger partial charge in [0.25, 0.3) is 0 Å². The number of ether oxygens (including phenoxy) is 2. The second kappa shape index (κ2) is 12.9. The van der Waals surface area contributed by atoms with E-state index in [1.165, 1.54) is 12.0 Å². The van der Waals surface area contributed by atoms with Crippen LogP contribution in [0, 0.1) is 19.8 Å². The molecule has 2 N–H and O–H groups in total. The molecular weight excluding hydrogens is 474 g/mol. The predicted molar refractivity (Wildman–Crippen MR) is 143 cm³/mol. The summed E-state index contributed by atoms with van der Waals surface area (Å²) in [5.74, 6) is -1.81. The number of nitrogens with one attached hydrogen (secondary N) is 2. The molecule has 0 aromatic heterocycles. The summed E-state index contributed by atoms with van der Waals surface area (Å²) in [6.45, 7) is 18.1. The van der Waals surface area contributed by atoms with Crippen LogP contribution in [0.5, 0.6) is 0 Å². The quantitative estimate of drug-likeness (QED) is 0.473. The van der Waals surface area contributed by atoms with Crippen LogP contribution in [-0.4, -0.2) is 59.6 Å². The number of aryl methyl sites for hydroxylation is 2. The van der Waals surface area contributed by atoms with E-state index in [9.17, 15) is 19.2 Å². The molecule has 0 aliphatic rings. The number of amides is 3. The molecule has 0 bridgehead atoms. The lowest BCUT2D eigenvalue weighted by Gasteiger charge is -2.44. The Morgan fingerprint density at radius 2 is 1.59 bits per heavy atom. The Morgan fingerprint density at radius 1 is 1.00 bits per heavy atom. The van der Waals surface area contributed by atoms with E-state index in [4.69, 9.17) is 4.74 Å². The Bertz CT molecular complexity index is 977. The second-order valence-corrected chi connectivity index (χ2v) is 11.4. The van der Waals surface area contributed by atoms with Crippen molar-refractivity contribution in [3.63, 3.8) is 0 Å². The first kappa shape index (κ1) is 31.9. The molecule has 0 spiro atoms. The van der Waals surface area contributed by atoms with Crippen LogP contribution in [-0.2, 0) is 23.9 Å². The van der Waals surface area contributed by atoms with Crippen LogP contribution in [0.3, 0.4) is 0 Å². The maximum absolute atomic E-state index is 14.2. The number of alkyl carbamates (subject to hydrolysis) is 1. The van der Waals surface area contributed by atoms with E-state index < -0.39 is 47.1 Å². The summed E-state index contributed by atoms with van der Waals surface area (Å²) in [7, 11) is 1.24. The minimum absolute atomic E-state index is 0.247. The van der Waals surface area contributed by atoms with Crippen LogP contribution in [0.25, 0.3) is 0 Å². The molecule has 0 heterocycles. The highest BCUT2D eigenvalue weighted by Crippen LogP contribution is 2.32. The monoisotopic (exact) mass is 519 g/mol. The van der Waals surface area contributed by atoms with Gasteiger partial charge in [-0.3, -0.25) is 14.4 Å². The molecule has 0 radical (unpaired) electrons. The highest BCUT2D eigenvalue weighted by molar-refractivity contribution is 5.93. The highest BCUT2D eigenvalue weighted by Gasteiger charge is 2.43. The van der Waals surface area contributed by atoms with Crippen LogP contribution < -0.4 is 10.6 Å². The molecule has 0 saturated heterocycles. The zero-order chi connectivity index (χ0) is 28.7. The Hall–Kier alpha value is -3.10. The van der Waals surface area contributed by atoms with Gasteiger partial charge in [0.2, 0.25) is 11.8 Å². The van der Waals surface area contributed by atoms with Gasteiger partial charge in [-0.05, 0) is 78.0 Å². The SMILES string of the molecule is CCC(C)C(NC(=O)OC(C)(C)C)C(=O)N(C(C(=O)NCC(=O)OC)c1ccc(C)c(C)c1)C(C)(C)C. The smallest absolute Gasteiger partial charge is 0.408 e. The molecule has 0 aliphatic heterocycles. The molecule has 37 heavy (non-hydrogen) atoms. The lowest BCUT2D eigenvalue weighted by atomic mass is 9.91. The lowest BCUT2D eigenvalue weighted by Crippen LogP contribution is -2.60. The minimum Gasteiger partial charge on any atom is -0.468 e. The van der Waals surface area contributed by atoms with Gasteiger partial charge in [0, 0.05) is 5.54 Å². The summed E-state index contributed by atoms with van der Waals surface area (Å²) >= 11 is 0. The first-order valence-corrected chi connectivity index (χ1v) is 12.7. The van der Waals surface area contributed by atoms with Gasteiger partial charge in [0.1, 0.15) is 24.2 Å². The highest BCUT2D eigenvalue weighted by atomic mass is 16.6. The Kier molecular flexibility index (Phi) is 11.2. The topological polar surface area (TPSA) is 114 Å².